The zero-order chi connectivity index (χ0) is 12.7. The van der Waals surface area contributed by atoms with Crippen LogP contribution in [0.4, 0.5) is 0 Å². The van der Waals surface area contributed by atoms with Crippen LogP contribution in [0.15, 0.2) is 6.20 Å². The van der Waals surface area contributed by atoms with Gasteiger partial charge in [-0.25, -0.2) is 4.98 Å². The summed E-state index contributed by atoms with van der Waals surface area (Å²) in [4.78, 5) is 4.46. The molecule has 0 fully saturated rings. The lowest BCUT2D eigenvalue weighted by molar-refractivity contribution is 0.323. The van der Waals surface area contributed by atoms with Gasteiger partial charge in [0, 0.05) is 23.8 Å². The van der Waals surface area contributed by atoms with Gasteiger partial charge in [-0.1, -0.05) is 41.5 Å². The van der Waals surface area contributed by atoms with E-state index in [2.05, 4.69) is 51.1 Å². The van der Waals surface area contributed by atoms with Crippen molar-refractivity contribution in [1.82, 2.24) is 9.55 Å². The number of nitrogens with zero attached hydrogens (tertiary/aromatic N) is 2. The first-order valence-electron chi connectivity index (χ1n) is 6.09. The first-order chi connectivity index (χ1) is 7.05. The average molecular weight is 209 g/mol. The van der Waals surface area contributed by atoms with Gasteiger partial charge in [0.2, 0.25) is 0 Å². The van der Waals surface area contributed by atoms with Crippen LogP contribution in [0.25, 0.3) is 0 Å². The molecule has 0 saturated carbocycles. The van der Waals surface area contributed by atoms with Gasteiger partial charge in [0.15, 0.2) is 0 Å². The Hall–Kier alpha value is -0.790. The van der Waals surface area contributed by atoms with Crippen molar-refractivity contribution in [2.45, 2.75) is 60.4 Å². The first kappa shape index (κ1) is 10.7. The number of aromatic nitrogens is 2. The van der Waals surface area contributed by atoms with E-state index in [4.69, 9.17) is 1.37 Å². The van der Waals surface area contributed by atoms with Crippen molar-refractivity contribution in [3.63, 3.8) is 0 Å². The van der Waals surface area contributed by atoms with Crippen LogP contribution < -0.4 is 0 Å². The Morgan fingerprint density at radius 3 is 2.20 bits per heavy atom. The summed E-state index contributed by atoms with van der Waals surface area (Å²) >= 11 is 0. The third kappa shape index (κ3) is 3.08. The molecule has 2 nitrogen and oxygen atoms in total. The fraction of sp³-hybridized carbons (Fsp3) is 0.769. The van der Waals surface area contributed by atoms with Crippen LogP contribution in [0, 0.1) is 12.3 Å². The monoisotopic (exact) mass is 209 g/mol. The average Bonchev–Trinajstić information content (AvgIpc) is 2.43. The molecule has 0 amide bonds. The van der Waals surface area contributed by atoms with Crippen molar-refractivity contribution in [2.24, 2.45) is 5.41 Å². The number of aryl methyl sites for hydroxylation is 1. The first-order valence-corrected chi connectivity index (χ1v) is 5.51. The SMILES string of the molecule is [2H]C(n1c(C)cnc1C(C)(C)C)C(C)(C)C. The zero-order valence-corrected chi connectivity index (χ0v) is 11.0. The lowest BCUT2D eigenvalue weighted by Crippen LogP contribution is -2.24. The molecule has 86 valence electrons. The van der Waals surface area contributed by atoms with Crippen LogP contribution in [0.5, 0.6) is 0 Å². The molecule has 0 aromatic carbocycles. The number of rotatable bonds is 1. The highest BCUT2D eigenvalue weighted by Gasteiger charge is 2.23. The van der Waals surface area contributed by atoms with Crippen LogP contribution in [0.2, 0.25) is 0 Å². The van der Waals surface area contributed by atoms with E-state index in [0.29, 0.717) is 0 Å². The Bertz CT molecular complexity index is 366. The normalized spacial score (nSPS) is 16.3. The summed E-state index contributed by atoms with van der Waals surface area (Å²) in [6.45, 7) is 14.4. The lowest BCUT2D eigenvalue weighted by atomic mass is 9.93. The van der Waals surface area contributed by atoms with Crippen LogP contribution in [0.3, 0.4) is 0 Å². The van der Waals surface area contributed by atoms with E-state index in [1.807, 2.05) is 13.1 Å². The van der Waals surface area contributed by atoms with Crippen molar-refractivity contribution in [3.05, 3.63) is 17.7 Å². The topological polar surface area (TPSA) is 17.8 Å². The molecule has 1 unspecified atom stereocenters. The van der Waals surface area contributed by atoms with E-state index >= 15 is 0 Å². The van der Waals surface area contributed by atoms with E-state index in [9.17, 15) is 0 Å². The second kappa shape index (κ2) is 3.66. The molecule has 0 bridgehead atoms. The van der Waals surface area contributed by atoms with Crippen molar-refractivity contribution >= 4 is 0 Å². The Morgan fingerprint density at radius 2 is 1.80 bits per heavy atom. The minimum atomic E-state index is -0.288. The van der Waals surface area contributed by atoms with Gasteiger partial charge in [-0.05, 0) is 12.3 Å². The van der Waals surface area contributed by atoms with Crippen molar-refractivity contribution < 1.29 is 1.37 Å². The van der Waals surface area contributed by atoms with Gasteiger partial charge in [0.25, 0.3) is 0 Å². The van der Waals surface area contributed by atoms with Crippen molar-refractivity contribution in [2.75, 3.05) is 0 Å². The largest absolute Gasteiger partial charge is 0.331 e. The summed E-state index contributed by atoms with van der Waals surface area (Å²) < 4.78 is 10.4. The van der Waals surface area contributed by atoms with Gasteiger partial charge >= 0.3 is 0 Å². The van der Waals surface area contributed by atoms with E-state index < -0.39 is 0 Å². The zero-order valence-electron chi connectivity index (χ0n) is 12.0. The van der Waals surface area contributed by atoms with E-state index in [1.165, 1.54) is 0 Å². The van der Waals surface area contributed by atoms with Gasteiger partial charge in [-0.2, -0.15) is 0 Å². The fourth-order valence-electron chi connectivity index (χ4n) is 1.55. The second-order valence-corrected chi connectivity index (χ2v) is 6.34. The maximum absolute atomic E-state index is 8.37. The summed E-state index contributed by atoms with van der Waals surface area (Å²) in [6.07, 6.45) is 1.87. The standard InChI is InChI=1S/C13H24N2/c1-10-8-14-11(13(5,6)7)15(10)9-12(2,3)4/h8H,9H2,1-7H3/i9D. The predicted octanol–water partition coefficient (Wildman–Crippen LogP) is 3.54. The summed E-state index contributed by atoms with van der Waals surface area (Å²) in [6, 6.07) is 0. The molecule has 2 heteroatoms. The molecule has 0 radical (unpaired) electrons. The van der Waals surface area contributed by atoms with E-state index in [0.717, 1.165) is 11.5 Å². The molecule has 0 N–H and O–H groups in total. The maximum atomic E-state index is 8.37. The Kier molecular flexibility index (Phi) is 2.61. The quantitative estimate of drug-likeness (QED) is 0.692. The summed E-state index contributed by atoms with van der Waals surface area (Å²) in [5.74, 6) is 1.000. The van der Waals surface area contributed by atoms with Crippen LogP contribution in [-0.2, 0) is 11.9 Å². The fourth-order valence-corrected chi connectivity index (χ4v) is 1.55. The molecule has 15 heavy (non-hydrogen) atoms. The summed E-state index contributed by atoms with van der Waals surface area (Å²) in [5, 5.41) is 0. The second-order valence-electron chi connectivity index (χ2n) is 6.34. The smallest absolute Gasteiger partial charge is 0.114 e. The molecular formula is C13H24N2. The molecule has 1 rings (SSSR count). The third-order valence-electron chi connectivity index (χ3n) is 2.17. The van der Waals surface area contributed by atoms with Gasteiger partial charge < -0.3 is 4.57 Å². The van der Waals surface area contributed by atoms with Crippen LogP contribution >= 0.6 is 0 Å². The summed E-state index contributed by atoms with van der Waals surface area (Å²) in [7, 11) is 0. The van der Waals surface area contributed by atoms with E-state index in [-0.39, 0.29) is 17.4 Å². The lowest BCUT2D eigenvalue weighted by Gasteiger charge is -2.26. The molecule has 0 aliphatic carbocycles. The Morgan fingerprint density at radius 1 is 1.27 bits per heavy atom. The molecule has 1 heterocycles. The van der Waals surface area contributed by atoms with Gasteiger partial charge in [0.05, 0.1) is 1.37 Å². The Balaban J connectivity index is 3.28. The van der Waals surface area contributed by atoms with E-state index in [1.54, 1.807) is 0 Å². The van der Waals surface area contributed by atoms with Crippen molar-refractivity contribution in [3.8, 4) is 0 Å². The van der Waals surface area contributed by atoms with Gasteiger partial charge in [-0.15, -0.1) is 0 Å². The highest BCUT2D eigenvalue weighted by molar-refractivity contribution is 5.11. The highest BCUT2D eigenvalue weighted by Crippen LogP contribution is 2.26. The molecule has 0 spiro atoms. The van der Waals surface area contributed by atoms with Crippen molar-refractivity contribution in [1.29, 1.82) is 0 Å². The minimum absolute atomic E-state index is 0.0151. The number of imidazole rings is 1. The number of hydrogen-bond donors (Lipinski definition) is 0. The molecule has 1 aromatic heterocycles. The maximum Gasteiger partial charge on any atom is 0.114 e. The summed E-state index contributed by atoms with van der Waals surface area (Å²) in [5.41, 5.74) is 0.976. The molecule has 1 atom stereocenters. The van der Waals surface area contributed by atoms with Gasteiger partial charge in [-0.3, -0.25) is 0 Å². The predicted molar refractivity (Wildman–Crippen MR) is 65.1 cm³/mol. The van der Waals surface area contributed by atoms with Crippen LogP contribution in [-0.4, -0.2) is 9.55 Å². The number of hydrogen-bond acceptors (Lipinski definition) is 1. The minimum Gasteiger partial charge on any atom is -0.331 e. The molecule has 1 aromatic rings. The highest BCUT2D eigenvalue weighted by atomic mass is 15.1. The molecule has 0 aliphatic rings. The van der Waals surface area contributed by atoms with Gasteiger partial charge in [0.1, 0.15) is 5.82 Å². The molecular weight excluding hydrogens is 184 g/mol. The molecule has 0 aliphatic heterocycles. The Labute approximate surface area is 95.1 Å². The molecule has 0 saturated heterocycles. The third-order valence-corrected chi connectivity index (χ3v) is 2.17. The van der Waals surface area contributed by atoms with Crippen LogP contribution in [0.1, 0.15) is 54.4 Å².